The lowest BCUT2D eigenvalue weighted by Crippen LogP contribution is -2.37. The second kappa shape index (κ2) is 9.64. The van der Waals surface area contributed by atoms with Crippen LogP contribution in [-0.2, 0) is 4.74 Å². The molecule has 0 spiro atoms. The van der Waals surface area contributed by atoms with Crippen molar-refractivity contribution in [1.82, 2.24) is 14.7 Å². The van der Waals surface area contributed by atoms with Gasteiger partial charge in [0.1, 0.15) is 16.2 Å². The van der Waals surface area contributed by atoms with Crippen LogP contribution in [0.25, 0.3) is 26.1 Å². The number of rotatable bonds is 4. The van der Waals surface area contributed by atoms with Gasteiger partial charge in [0.25, 0.3) is 5.91 Å². The number of hydrogen-bond acceptors (Lipinski definition) is 7. The summed E-state index contributed by atoms with van der Waals surface area (Å²) in [5, 5.41) is 12.1. The first kappa shape index (κ1) is 22.2. The molecule has 0 unspecified atom stereocenters. The molecule has 8 nitrogen and oxygen atoms in total. The van der Waals surface area contributed by atoms with Crippen molar-refractivity contribution in [3.05, 3.63) is 52.2 Å². The fourth-order valence-corrected chi connectivity index (χ4v) is 4.99. The van der Waals surface area contributed by atoms with Crippen LogP contribution in [0.2, 0.25) is 0 Å². The number of anilines is 1. The number of ether oxygens (including phenoxy) is 1. The Morgan fingerprint density at radius 2 is 1.94 bits per heavy atom. The maximum atomic E-state index is 13.3. The minimum atomic E-state index is -0.489. The summed E-state index contributed by atoms with van der Waals surface area (Å²) in [7, 11) is 0. The van der Waals surface area contributed by atoms with E-state index in [9.17, 15) is 9.59 Å². The molecule has 4 aromatic rings. The average Bonchev–Trinajstić information content (AvgIpc) is 3.23. The van der Waals surface area contributed by atoms with Crippen LogP contribution in [0.1, 0.15) is 24.2 Å². The highest BCUT2D eigenvalue weighted by molar-refractivity contribution is 7.24. The predicted octanol–water partition coefficient (Wildman–Crippen LogP) is 2.65. The van der Waals surface area contributed by atoms with E-state index in [0.29, 0.717) is 29.1 Å². The average molecular weight is 455 g/mol. The number of hydrogen-bond donors (Lipinski definition) is 2. The third-order valence-electron chi connectivity index (χ3n) is 5.23. The van der Waals surface area contributed by atoms with Crippen LogP contribution in [0.4, 0.5) is 5.82 Å². The number of aliphatic hydroxyl groups is 1. The lowest BCUT2D eigenvalue weighted by Gasteiger charge is -2.27. The molecule has 1 aromatic carbocycles. The van der Waals surface area contributed by atoms with E-state index in [1.807, 2.05) is 48.6 Å². The van der Waals surface area contributed by atoms with Crippen LogP contribution in [0.15, 0.2) is 41.2 Å². The van der Waals surface area contributed by atoms with E-state index >= 15 is 0 Å². The van der Waals surface area contributed by atoms with Gasteiger partial charge in [-0.15, -0.1) is 11.3 Å². The summed E-state index contributed by atoms with van der Waals surface area (Å²) in [6, 6.07) is 11.3. The predicted molar refractivity (Wildman–Crippen MR) is 128 cm³/mol. The minimum absolute atomic E-state index is 0.0815. The summed E-state index contributed by atoms with van der Waals surface area (Å²) < 4.78 is 8.29. The Morgan fingerprint density at radius 3 is 2.69 bits per heavy atom. The molecule has 1 aliphatic rings. The Hall–Kier alpha value is -3.01. The molecular formula is C23H26N4O4S. The summed E-state index contributed by atoms with van der Waals surface area (Å²) in [4.78, 5) is 33.6. The van der Waals surface area contributed by atoms with Crippen molar-refractivity contribution in [3.63, 3.8) is 0 Å². The molecular weight excluding hydrogens is 428 g/mol. The summed E-state index contributed by atoms with van der Waals surface area (Å²) in [5.74, 6) is 0.295. The van der Waals surface area contributed by atoms with Gasteiger partial charge in [0, 0.05) is 19.6 Å². The number of nitrogens with one attached hydrogen (secondary N) is 1. The largest absolute Gasteiger partial charge is 0.395 e. The zero-order valence-electron chi connectivity index (χ0n) is 18.1. The number of para-hydroxylation sites is 1. The SMILES string of the molecule is CC.O=C(NCCO)c1c(=O)c2ccc(N3CCOCC3)nc2n2c1sc1ccccc12. The van der Waals surface area contributed by atoms with Crippen molar-refractivity contribution in [1.29, 1.82) is 0 Å². The number of amides is 1. The van der Waals surface area contributed by atoms with Gasteiger partial charge in [0.05, 0.1) is 35.4 Å². The Morgan fingerprint density at radius 1 is 1.19 bits per heavy atom. The van der Waals surface area contributed by atoms with Gasteiger partial charge in [0.15, 0.2) is 5.65 Å². The van der Waals surface area contributed by atoms with Gasteiger partial charge < -0.3 is 20.1 Å². The van der Waals surface area contributed by atoms with Gasteiger partial charge in [-0.05, 0) is 24.3 Å². The molecule has 1 saturated heterocycles. The van der Waals surface area contributed by atoms with E-state index in [2.05, 4.69) is 10.2 Å². The maximum Gasteiger partial charge on any atom is 0.258 e. The first-order chi connectivity index (χ1) is 15.7. The number of benzene rings is 1. The third kappa shape index (κ3) is 3.83. The van der Waals surface area contributed by atoms with E-state index in [0.717, 1.165) is 29.1 Å². The van der Waals surface area contributed by atoms with Crippen molar-refractivity contribution >= 4 is 49.1 Å². The Kier molecular flexibility index (Phi) is 6.69. The first-order valence-corrected chi connectivity index (χ1v) is 11.6. The smallest absolute Gasteiger partial charge is 0.258 e. The molecule has 2 N–H and O–H groups in total. The molecule has 0 radical (unpaired) electrons. The van der Waals surface area contributed by atoms with E-state index in [1.165, 1.54) is 11.3 Å². The number of aromatic nitrogens is 2. The van der Waals surface area contributed by atoms with Gasteiger partial charge in [-0.2, -0.15) is 0 Å². The number of pyridine rings is 2. The lowest BCUT2D eigenvalue weighted by atomic mass is 10.1. The van der Waals surface area contributed by atoms with Crippen LogP contribution in [0, 0.1) is 0 Å². The van der Waals surface area contributed by atoms with Crippen LogP contribution in [0.5, 0.6) is 0 Å². The highest BCUT2D eigenvalue weighted by atomic mass is 32.1. The fraction of sp³-hybridized carbons (Fsp3) is 0.348. The van der Waals surface area contributed by atoms with Crippen LogP contribution in [0.3, 0.4) is 0 Å². The monoisotopic (exact) mass is 454 g/mol. The molecule has 3 aromatic heterocycles. The van der Waals surface area contributed by atoms with E-state index in [4.69, 9.17) is 14.8 Å². The zero-order valence-corrected chi connectivity index (χ0v) is 18.9. The van der Waals surface area contributed by atoms with Crippen LogP contribution < -0.4 is 15.6 Å². The second-order valence-electron chi connectivity index (χ2n) is 7.03. The van der Waals surface area contributed by atoms with E-state index < -0.39 is 5.91 Å². The quantitative estimate of drug-likeness (QED) is 0.492. The minimum Gasteiger partial charge on any atom is -0.395 e. The van der Waals surface area contributed by atoms with Crippen molar-refractivity contribution < 1.29 is 14.6 Å². The number of carbonyl (C=O) groups excluding carboxylic acids is 1. The zero-order chi connectivity index (χ0) is 22.7. The standard InChI is InChI=1S/C21H20N4O4S.C2H6/c26-10-7-22-20(28)17-18(27)13-5-6-16(24-8-11-29-12-9-24)23-19(13)25-14-3-1-2-4-15(14)30-21(17)25;1-2/h1-6,26H,7-12H2,(H,22,28);1-2H3. The molecule has 1 amide bonds. The van der Waals surface area contributed by atoms with Crippen molar-refractivity contribution in [2.45, 2.75) is 13.8 Å². The maximum absolute atomic E-state index is 13.3. The third-order valence-corrected chi connectivity index (χ3v) is 6.38. The number of fused-ring (bicyclic) bond motifs is 5. The van der Waals surface area contributed by atoms with E-state index in [1.54, 1.807) is 6.07 Å². The van der Waals surface area contributed by atoms with Gasteiger partial charge in [0.2, 0.25) is 5.43 Å². The highest BCUT2D eigenvalue weighted by Crippen LogP contribution is 2.31. The number of carbonyl (C=O) groups is 1. The molecule has 0 atom stereocenters. The highest BCUT2D eigenvalue weighted by Gasteiger charge is 2.23. The van der Waals surface area contributed by atoms with Crippen LogP contribution in [-0.4, -0.2) is 59.9 Å². The van der Waals surface area contributed by atoms with Crippen molar-refractivity contribution in [2.24, 2.45) is 0 Å². The topological polar surface area (TPSA) is 96.2 Å². The van der Waals surface area contributed by atoms with Gasteiger partial charge >= 0.3 is 0 Å². The molecule has 5 rings (SSSR count). The summed E-state index contributed by atoms with van der Waals surface area (Å²) in [6.45, 7) is 6.65. The summed E-state index contributed by atoms with van der Waals surface area (Å²) in [6.07, 6.45) is 0. The molecule has 32 heavy (non-hydrogen) atoms. The number of aliphatic hydroxyl groups excluding tert-OH is 1. The lowest BCUT2D eigenvalue weighted by molar-refractivity contribution is 0.0945. The molecule has 0 aliphatic carbocycles. The molecule has 1 aliphatic heterocycles. The fourth-order valence-electron chi connectivity index (χ4n) is 3.81. The van der Waals surface area contributed by atoms with Gasteiger partial charge in [-0.25, -0.2) is 4.98 Å². The molecule has 1 fully saturated rings. The molecule has 9 heteroatoms. The molecule has 4 heterocycles. The summed E-state index contributed by atoms with van der Waals surface area (Å²) in [5.41, 5.74) is 1.16. The Bertz CT molecular complexity index is 1320. The van der Waals surface area contributed by atoms with Gasteiger partial charge in [-0.3, -0.25) is 14.0 Å². The summed E-state index contributed by atoms with van der Waals surface area (Å²) >= 11 is 1.39. The van der Waals surface area contributed by atoms with Crippen molar-refractivity contribution in [2.75, 3.05) is 44.4 Å². The van der Waals surface area contributed by atoms with Crippen LogP contribution >= 0.6 is 11.3 Å². The second-order valence-corrected chi connectivity index (χ2v) is 8.06. The van der Waals surface area contributed by atoms with Gasteiger partial charge in [-0.1, -0.05) is 26.0 Å². The molecule has 0 saturated carbocycles. The number of thiazole rings is 1. The normalized spacial score (nSPS) is 13.9. The number of nitrogens with zero attached hydrogens (tertiary/aromatic N) is 3. The first-order valence-electron chi connectivity index (χ1n) is 10.8. The molecule has 168 valence electrons. The Labute approximate surface area is 189 Å². The van der Waals surface area contributed by atoms with E-state index in [-0.39, 0.29) is 24.1 Å². The van der Waals surface area contributed by atoms with Crippen molar-refractivity contribution in [3.8, 4) is 0 Å². The number of morpholine rings is 1. The molecule has 0 bridgehead atoms. The Balaban J connectivity index is 0.00000119.